The van der Waals surface area contributed by atoms with Crippen LogP contribution in [0.25, 0.3) is 0 Å². The second-order valence-electron chi connectivity index (χ2n) is 13.8. The zero-order chi connectivity index (χ0) is 36.3. The van der Waals surface area contributed by atoms with Gasteiger partial charge in [-0.2, -0.15) is 0 Å². The normalized spacial score (nSPS) is 13.6. The molecule has 0 radical (unpaired) electrons. The molecule has 1 N–H and O–H groups in total. The van der Waals surface area contributed by atoms with Gasteiger partial charge < -0.3 is 19.3 Å². The van der Waals surface area contributed by atoms with Crippen molar-refractivity contribution in [1.82, 2.24) is 4.90 Å². The molecule has 0 aliphatic heterocycles. The van der Waals surface area contributed by atoms with Crippen molar-refractivity contribution in [3.8, 4) is 0 Å². The van der Waals surface area contributed by atoms with Crippen LogP contribution in [0.15, 0.2) is 12.2 Å². The molecule has 2 atom stereocenters. The van der Waals surface area contributed by atoms with Crippen LogP contribution in [-0.2, 0) is 32.7 Å². The molecule has 0 bridgehead atoms. The van der Waals surface area contributed by atoms with Gasteiger partial charge in [-0.25, -0.2) is 4.57 Å². The van der Waals surface area contributed by atoms with Crippen molar-refractivity contribution in [2.24, 2.45) is 0 Å². The highest BCUT2D eigenvalue weighted by Gasteiger charge is 2.26. The van der Waals surface area contributed by atoms with Gasteiger partial charge in [-0.3, -0.25) is 18.6 Å². The van der Waals surface area contributed by atoms with E-state index in [1.165, 1.54) is 96.3 Å². The zero-order valence-corrected chi connectivity index (χ0v) is 33.0. The van der Waals surface area contributed by atoms with Crippen LogP contribution in [0.5, 0.6) is 0 Å². The van der Waals surface area contributed by atoms with Crippen molar-refractivity contribution in [1.29, 1.82) is 0 Å². The van der Waals surface area contributed by atoms with Crippen molar-refractivity contribution >= 4 is 19.8 Å². The van der Waals surface area contributed by atoms with Gasteiger partial charge in [0.05, 0.1) is 13.2 Å². The molecule has 290 valence electrons. The number of rotatable bonds is 37. The van der Waals surface area contributed by atoms with E-state index < -0.39 is 26.5 Å². The van der Waals surface area contributed by atoms with Crippen molar-refractivity contribution in [3.05, 3.63) is 12.2 Å². The summed E-state index contributed by atoms with van der Waals surface area (Å²) in [5, 5.41) is 0. The number of unbranched alkanes of at least 4 members (excludes halogenated alkanes) is 21. The number of likely N-dealkylation sites (N-methyl/N-ethyl adjacent to an activating group) is 1. The van der Waals surface area contributed by atoms with Crippen LogP contribution in [0.3, 0.4) is 0 Å². The number of phosphoric acid groups is 1. The van der Waals surface area contributed by atoms with Crippen LogP contribution in [0.1, 0.15) is 181 Å². The highest BCUT2D eigenvalue weighted by atomic mass is 31.2. The predicted octanol–water partition coefficient (Wildman–Crippen LogP) is 10.9. The molecule has 49 heavy (non-hydrogen) atoms. The molecule has 0 aliphatic carbocycles. The van der Waals surface area contributed by atoms with Gasteiger partial charge >= 0.3 is 19.8 Å². The lowest BCUT2D eigenvalue weighted by atomic mass is 10.0. The van der Waals surface area contributed by atoms with Gasteiger partial charge in [-0.1, -0.05) is 142 Å². The van der Waals surface area contributed by atoms with E-state index in [1.54, 1.807) is 0 Å². The summed E-state index contributed by atoms with van der Waals surface area (Å²) in [7, 11) is -0.706. The summed E-state index contributed by atoms with van der Waals surface area (Å²) in [6.07, 6.45) is 32.5. The number of carbonyl (C=O) groups is 2. The van der Waals surface area contributed by atoms with Gasteiger partial charge in [0, 0.05) is 19.4 Å². The Morgan fingerprint density at radius 1 is 0.612 bits per heavy atom. The number of hydrogen-bond donors (Lipinski definition) is 1. The van der Waals surface area contributed by atoms with Crippen LogP contribution in [0.4, 0.5) is 0 Å². The summed E-state index contributed by atoms with van der Waals surface area (Å²) >= 11 is 0. The van der Waals surface area contributed by atoms with Crippen molar-refractivity contribution in [3.63, 3.8) is 0 Å². The number of nitrogens with zero attached hydrogens (tertiary/aromatic N) is 1. The van der Waals surface area contributed by atoms with E-state index in [0.717, 1.165) is 51.4 Å². The first-order chi connectivity index (χ1) is 23.7. The van der Waals surface area contributed by atoms with Crippen molar-refractivity contribution < 1.29 is 37.6 Å². The number of phosphoric ester groups is 1. The van der Waals surface area contributed by atoms with E-state index in [1.807, 2.05) is 19.0 Å². The minimum atomic E-state index is -4.35. The third kappa shape index (κ3) is 36.3. The summed E-state index contributed by atoms with van der Waals surface area (Å²) in [4.78, 5) is 36.9. The average Bonchev–Trinajstić information content (AvgIpc) is 3.06. The molecular formula is C39H76NO8P. The van der Waals surface area contributed by atoms with E-state index in [2.05, 4.69) is 26.0 Å². The average molecular weight is 718 g/mol. The molecule has 2 unspecified atom stereocenters. The van der Waals surface area contributed by atoms with Gasteiger partial charge in [0.2, 0.25) is 0 Å². The largest absolute Gasteiger partial charge is 0.472 e. The topological polar surface area (TPSA) is 112 Å². The Hall–Kier alpha value is -1.25. The Balaban J connectivity index is 4.34. The van der Waals surface area contributed by atoms with Gasteiger partial charge in [0.25, 0.3) is 0 Å². The molecule has 0 fully saturated rings. The Labute approximate surface area is 301 Å². The van der Waals surface area contributed by atoms with E-state index in [4.69, 9.17) is 18.5 Å². The lowest BCUT2D eigenvalue weighted by Crippen LogP contribution is -2.29. The monoisotopic (exact) mass is 718 g/mol. The van der Waals surface area contributed by atoms with E-state index in [0.29, 0.717) is 13.0 Å². The van der Waals surface area contributed by atoms with Crippen molar-refractivity contribution in [2.75, 3.05) is 40.5 Å². The Morgan fingerprint density at radius 3 is 1.53 bits per heavy atom. The third-order valence-electron chi connectivity index (χ3n) is 8.57. The summed E-state index contributed by atoms with van der Waals surface area (Å²) in [6, 6.07) is 0. The first-order valence-corrected chi connectivity index (χ1v) is 21.5. The Kier molecular flexibility index (Phi) is 34.3. The lowest BCUT2D eigenvalue weighted by molar-refractivity contribution is -0.161. The molecule has 0 aromatic carbocycles. The molecule has 0 heterocycles. The molecule has 0 saturated heterocycles. The Bertz CT molecular complexity index is 838. The number of allylic oxidation sites excluding steroid dienone is 2. The van der Waals surface area contributed by atoms with Crippen LogP contribution in [0, 0.1) is 0 Å². The minimum absolute atomic E-state index is 0.00902. The highest BCUT2D eigenvalue weighted by molar-refractivity contribution is 7.47. The first-order valence-electron chi connectivity index (χ1n) is 20.0. The van der Waals surface area contributed by atoms with Gasteiger partial charge in [0.1, 0.15) is 6.61 Å². The highest BCUT2D eigenvalue weighted by Crippen LogP contribution is 2.43. The molecular weight excluding hydrogens is 641 g/mol. The van der Waals surface area contributed by atoms with E-state index in [9.17, 15) is 19.0 Å². The SMILES string of the molecule is CCCCCC/C=C\CCCCCCCC(=O)OCC(COP(=O)(O)OCCN(C)C)OC(=O)CCCCCCCCCCCCCCC. The molecule has 10 heteroatoms. The Morgan fingerprint density at radius 2 is 1.04 bits per heavy atom. The minimum Gasteiger partial charge on any atom is -0.462 e. The molecule has 9 nitrogen and oxygen atoms in total. The predicted molar refractivity (Wildman–Crippen MR) is 202 cm³/mol. The molecule has 0 rings (SSSR count). The smallest absolute Gasteiger partial charge is 0.462 e. The maximum Gasteiger partial charge on any atom is 0.472 e. The summed E-state index contributed by atoms with van der Waals surface area (Å²) in [6.45, 7) is 4.30. The summed E-state index contributed by atoms with van der Waals surface area (Å²) < 4.78 is 33.3. The van der Waals surface area contributed by atoms with Gasteiger partial charge in [-0.05, 0) is 52.6 Å². The molecule has 0 aromatic heterocycles. The quantitative estimate of drug-likeness (QED) is 0.0290. The van der Waals surface area contributed by atoms with Crippen LogP contribution >= 0.6 is 7.82 Å². The number of esters is 2. The number of carbonyl (C=O) groups excluding carboxylic acids is 2. The zero-order valence-electron chi connectivity index (χ0n) is 32.1. The third-order valence-corrected chi connectivity index (χ3v) is 9.56. The second-order valence-corrected chi connectivity index (χ2v) is 15.3. The van der Waals surface area contributed by atoms with Crippen LogP contribution in [0.2, 0.25) is 0 Å². The summed E-state index contributed by atoms with van der Waals surface area (Å²) in [5.74, 6) is -0.807. The van der Waals surface area contributed by atoms with Crippen molar-refractivity contribution in [2.45, 2.75) is 187 Å². The maximum atomic E-state index is 12.6. The molecule has 0 aliphatic rings. The standard InChI is InChI=1S/C39H76NO8P/c1-5-7-9-11-13-15-17-19-21-23-25-27-29-31-38(41)45-35-37(36-47-49(43,44)46-34-33-40(3)4)48-39(42)32-30-28-26-24-22-20-18-16-14-12-10-8-6-2/h15,17,37H,5-14,16,18-36H2,1-4H3,(H,43,44)/b17-15-. The van der Waals surface area contributed by atoms with Gasteiger partial charge in [-0.15, -0.1) is 0 Å². The molecule has 0 aromatic rings. The fraction of sp³-hybridized carbons (Fsp3) is 0.897. The fourth-order valence-electron chi connectivity index (χ4n) is 5.45. The number of ether oxygens (including phenoxy) is 2. The fourth-order valence-corrected chi connectivity index (χ4v) is 6.19. The molecule has 0 spiro atoms. The lowest BCUT2D eigenvalue weighted by Gasteiger charge is -2.20. The van der Waals surface area contributed by atoms with Crippen LogP contribution in [-0.4, -0.2) is 68.3 Å². The molecule has 0 saturated carbocycles. The maximum absolute atomic E-state index is 12.6. The van der Waals surface area contributed by atoms with E-state index in [-0.39, 0.29) is 32.0 Å². The summed E-state index contributed by atoms with van der Waals surface area (Å²) in [5.41, 5.74) is 0. The first kappa shape index (κ1) is 47.8. The number of hydrogen-bond acceptors (Lipinski definition) is 8. The van der Waals surface area contributed by atoms with Gasteiger partial charge in [0.15, 0.2) is 6.10 Å². The van der Waals surface area contributed by atoms with E-state index >= 15 is 0 Å². The second kappa shape index (κ2) is 35.2. The molecule has 0 amide bonds. The van der Waals surface area contributed by atoms with Crippen LogP contribution < -0.4 is 0 Å².